The van der Waals surface area contributed by atoms with E-state index >= 15 is 0 Å². The largest absolute Gasteiger partial charge is 0.508 e. The van der Waals surface area contributed by atoms with Crippen molar-refractivity contribution in [3.05, 3.63) is 48.0 Å². The van der Waals surface area contributed by atoms with Crippen LogP contribution >= 0.6 is 0 Å². The molecule has 1 aliphatic rings. The van der Waals surface area contributed by atoms with Gasteiger partial charge in [0.05, 0.1) is 11.9 Å². The maximum Gasteiger partial charge on any atom is 0.326 e. The number of aromatic nitrogens is 2. The Bertz CT molecular complexity index is 1760. The van der Waals surface area contributed by atoms with Crippen molar-refractivity contribution in [1.82, 2.24) is 41.5 Å². The number of phenolic OH excluding ortho intramolecular Hbond substituents is 1. The van der Waals surface area contributed by atoms with Crippen LogP contribution in [0.2, 0.25) is 0 Å². The smallest absolute Gasteiger partial charge is 0.326 e. The van der Waals surface area contributed by atoms with Crippen LogP contribution in [0.5, 0.6) is 5.75 Å². The fourth-order valence-corrected chi connectivity index (χ4v) is 6.67. The lowest BCUT2D eigenvalue weighted by molar-refractivity contribution is -0.146. The molecule has 59 heavy (non-hydrogen) atoms. The van der Waals surface area contributed by atoms with Gasteiger partial charge in [-0.25, -0.2) is 9.78 Å². The Labute approximate surface area is 345 Å². The topological polar surface area (TPSA) is 278 Å². The second-order valence-electron chi connectivity index (χ2n) is 16.5. The first-order valence-electron chi connectivity index (χ1n) is 20.3. The number of nitrogens with two attached hydrogens (primary N) is 1. The molecular formula is C41H63N9O9. The highest BCUT2D eigenvalue weighted by molar-refractivity contribution is 5.97. The molecule has 0 spiro atoms. The van der Waals surface area contributed by atoms with Gasteiger partial charge in [0.25, 0.3) is 0 Å². The van der Waals surface area contributed by atoms with Gasteiger partial charge in [-0.05, 0) is 62.1 Å². The van der Waals surface area contributed by atoms with E-state index in [1.165, 1.54) is 43.4 Å². The number of rotatable bonds is 21. The van der Waals surface area contributed by atoms with Crippen LogP contribution in [-0.2, 0) is 46.4 Å². The number of carboxylic acid groups (broad SMARTS) is 1. The van der Waals surface area contributed by atoms with Crippen LogP contribution < -0.4 is 32.3 Å². The monoisotopic (exact) mass is 825 g/mol. The Kier molecular flexibility index (Phi) is 17.4. The Morgan fingerprint density at radius 2 is 1.42 bits per heavy atom. The average Bonchev–Trinajstić information content (AvgIpc) is 3.89. The van der Waals surface area contributed by atoms with Crippen LogP contribution in [0, 0.1) is 17.8 Å². The molecule has 3 rings (SSSR count). The minimum absolute atomic E-state index is 0.00469. The molecule has 8 atom stereocenters. The molecule has 0 radical (unpaired) electrons. The van der Waals surface area contributed by atoms with Crippen LogP contribution in [0.1, 0.15) is 92.3 Å². The Balaban J connectivity index is 1.92. The third-order valence-electron chi connectivity index (χ3n) is 10.8. The van der Waals surface area contributed by atoms with Crippen molar-refractivity contribution in [2.45, 2.75) is 136 Å². The lowest BCUT2D eigenvalue weighted by Crippen LogP contribution is -2.62. The molecule has 1 saturated heterocycles. The number of carboxylic acids is 1. The number of imidazole rings is 1. The van der Waals surface area contributed by atoms with Gasteiger partial charge in [-0.15, -0.1) is 0 Å². The summed E-state index contributed by atoms with van der Waals surface area (Å²) in [4.78, 5) is 103. The third-order valence-corrected chi connectivity index (χ3v) is 10.8. The van der Waals surface area contributed by atoms with Gasteiger partial charge in [-0.1, -0.05) is 66.5 Å². The first-order chi connectivity index (χ1) is 27.7. The van der Waals surface area contributed by atoms with Gasteiger partial charge < -0.3 is 52.4 Å². The van der Waals surface area contributed by atoms with Crippen molar-refractivity contribution in [1.29, 1.82) is 0 Å². The summed E-state index contributed by atoms with van der Waals surface area (Å²) in [5.41, 5.74) is 5.77. The van der Waals surface area contributed by atoms with Gasteiger partial charge in [0.15, 0.2) is 0 Å². The minimum atomic E-state index is -1.29. The third kappa shape index (κ3) is 13.5. The molecule has 2 heterocycles. The summed E-state index contributed by atoms with van der Waals surface area (Å²) in [6, 6.07) is -0.831. The summed E-state index contributed by atoms with van der Waals surface area (Å²) >= 11 is 0. The number of likely N-dealkylation sites (tertiary alicyclic amines) is 1. The van der Waals surface area contributed by atoms with Gasteiger partial charge >= 0.3 is 5.97 Å². The number of carbonyl (C=O) groups excluding carboxylic acids is 6. The zero-order chi connectivity index (χ0) is 44.2. The van der Waals surface area contributed by atoms with E-state index < -0.39 is 95.0 Å². The molecule has 18 nitrogen and oxygen atoms in total. The second-order valence-corrected chi connectivity index (χ2v) is 16.5. The van der Waals surface area contributed by atoms with Crippen LogP contribution in [0.4, 0.5) is 0 Å². The van der Waals surface area contributed by atoms with Crippen molar-refractivity contribution in [2.24, 2.45) is 23.5 Å². The van der Waals surface area contributed by atoms with Gasteiger partial charge in [0.1, 0.15) is 42.0 Å². The SMILES string of the molecule is CC[C@H](C)[C@H](NC(=O)[C@@H]1CCCN1C(=O)[C@H](Cc1cnc[nH]1)NC(=O)[C@@H](NC(=O)[C@H](Cc1ccc(O)cc1)NC(=O)[C@@H](NC(=O)C(C)(C)N)C(C)C)[C@@H](C)CC)C(=O)O. The highest BCUT2D eigenvalue weighted by Crippen LogP contribution is 2.22. The first kappa shape index (κ1) is 47.9. The number of hydrogen-bond donors (Lipinski definition) is 9. The van der Waals surface area contributed by atoms with E-state index in [-0.39, 0.29) is 31.1 Å². The first-order valence-corrected chi connectivity index (χ1v) is 20.3. The predicted molar refractivity (Wildman–Crippen MR) is 218 cm³/mol. The molecule has 6 amide bonds. The lowest BCUT2D eigenvalue weighted by Gasteiger charge is -2.32. The van der Waals surface area contributed by atoms with Crippen molar-refractivity contribution >= 4 is 41.4 Å². The normalized spacial score (nSPS) is 17.7. The van der Waals surface area contributed by atoms with Crippen LogP contribution in [-0.4, -0.2) is 115 Å². The number of aliphatic carboxylic acids is 1. The van der Waals surface area contributed by atoms with Gasteiger partial charge in [0.2, 0.25) is 35.4 Å². The maximum atomic E-state index is 14.3. The van der Waals surface area contributed by atoms with E-state index in [0.29, 0.717) is 36.9 Å². The molecule has 18 heteroatoms. The molecule has 1 aromatic heterocycles. The summed E-state index contributed by atoms with van der Waals surface area (Å²) in [5.74, 6) is -6.25. The summed E-state index contributed by atoms with van der Waals surface area (Å²) in [6.07, 6.45) is 4.53. The fourth-order valence-electron chi connectivity index (χ4n) is 6.67. The number of carbonyl (C=O) groups is 7. The van der Waals surface area contributed by atoms with Crippen LogP contribution in [0.3, 0.4) is 0 Å². The van der Waals surface area contributed by atoms with Crippen molar-refractivity contribution < 1.29 is 43.8 Å². The quantitative estimate of drug-likeness (QED) is 0.0853. The predicted octanol–water partition coefficient (Wildman–Crippen LogP) is 0.886. The van der Waals surface area contributed by atoms with E-state index in [1.54, 1.807) is 39.8 Å². The van der Waals surface area contributed by atoms with E-state index in [2.05, 4.69) is 36.6 Å². The maximum absolute atomic E-state index is 14.3. The van der Waals surface area contributed by atoms with Crippen LogP contribution in [0.25, 0.3) is 0 Å². The molecular weight excluding hydrogens is 763 g/mol. The zero-order valence-electron chi connectivity index (χ0n) is 35.3. The molecule has 0 bridgehead atoms. The standard InChI is InChI=1S/C41H63N9O9/c1-9-23(5)32(47-34(52)28(18-25-13-15-27(51)16-14-25)45-36(54)31(22(3)4)49-40(59)41(7,8)42)37(55)46-29(19-26-20-43-21-44-26)38(56)50-17-11-12-30(50)35(53)48-33(39(57)58)24(6)10-2/h13-16,20-24,28-33,51H,9-12,17-19,42H2,1-8H3,(H,43,44)(H,45,54)(H,46,55)(H,47,52)(H,48,53)(H,49,59)(H,57,58)/t23-,24-,28-,29-,30-,31-,32-,33-/m0/s1. The number of hydrogen-bond acceptors (Lipinski definition) is 10. The van der Waals surface area contributed by atoms with E-state index in [4.69, 9.17) is 5.73 Å². The molecule has 1 aliphatic heterocycles. The van der Waals surface area contributed by atoms with E-state index in [9.17, 15) is 43.8 Å². The number of aromatic amines is 1. The van der Waals surface area contributed by atoms with E-state index in [0.717, 1.165) is 0 Å². The summed E-state index contributed by atoms with van der Waals surface area (Å²) < 4.78 is 0. The van der Waals surface area contributed by atoms with Gasteiger partial charge in [-0.3, -0.25) is 28.8 Å². The molecule has 0 aliphatic carbocycles. The molecule has 0 unspecified atom stereocenters. The summed E-state index contributed by atoms with van der Waals surface area (Å²) in [7, 11) is 0. The van der Waals surface area contributed by atoms with Crippen molar-refractivity contribution in [3.8, 4) is 5.75 Å². The summed E-state index contributed by atoms with van der Waals surface area (Å²) in [5, 5.41) is 33.3. The lowest BCUT2D eigenvalue weighted by atomic mass is 9.96. The molecule has 1 aromatic carbocycles. The average molecular weight is 826 g/mol. The Morgan fingerprint density at radius 3 is 1.97 bits per heavy atom. The number of nitrogens with one attached hydrogen (secondary N) is 6. The zero-order valence-corrected chi connectivity index (χ0v) is 35.3. The van der Waals surface area contributed by atoms with Gasteiger partial charge in [-0.2, -0.15) is 0 Å². The fraction of sp³-hybridized carbons (Fsp3) is 0.610. The number of phenols is 1. The van der Waals surface area contributed by atoms with E-state index in [1.807, 2.05) is 13.8 Å². The second kappa shape index (κ2) is 21.5. The highest BCUT2D eigenvalue weighted by Gasteiger charge is 2.41. The molecule has 2 aromatic rings. The molecule has 1 fully saturated rings. The Morgan fingerprint density at radius 1 is 0.831 bits per heavy atom. The summed E-state index contributed by atoms with van der Waals surface area (Å²) in [6.45, 7) is 13.7. The minimum Gasteiger partial charge on any atom is -0.508 e. The number of aromatic hydroxyl groups is 1. The molecule has 0 saturated carbocycles. The Hall–Kier alpha value is -5.52. The van der Waals surface area contributed by atoms with Crippen LogP contribution in [0.15, 0.2) is 36.8 Å². The number of H-pyrrole nitrogens is 1. The highest BCUT2D eigenvalue weighted by atomic mass is 16.4. The molecule has 326 valence electrons. The number of amides is 6. The number of nitrogens with zero attached hydrogens (tertiary/aromatic N) is 2. The molecule has 10 N–H and O–H groups in total. The van der Waals surface area contributed by atoms with Gasteiger partial charge in [0, 0.05) is 31.3 Å². The van der Waals surface area contributed by atoms with Crippen molar-refractivity contribution in [3.63, 3.8) is 0 Å². The van der Waals surface area contributed by atoms with Crippen molar-refractivity contribution in [2.75, 3.05) is 6.54 Å². The number of benzene rings is 1.